The van der Waals surface area contributed by atoms with Crippen LogP contribution in [0, 0.1) is 6.92 Å². The molecule has 3 heteroatoms. The zero-order valence-corrected chi connectivity index (χ0v) is 9.31. The van der Waals surface area contributed by atoms with Crippen LogP contribution in [0.25, 0.3) is 12.2 Å². The molecule has 0 saturated carbocycles. The van der Waals surface area contributed by atoms with E-state index in [4.69, 9.17) is 9.26 Å². The normalized spacial score (nSPS) is 10.9. The molecule has 0 aliphatic carbocycles. The molecule has 3 nitrogen and oxygen atoms in total. The van der Waals surface area contributed by atoms with Gasteiger partial charge in [0.15, 0.2) is 5.76 Å². The molecule has 1 heterocycles. The van der Waals surface area contributed by atoms with Gasteiger partial charge in [0.1, 0.15) is 5.75 Å². The summed E-state index contributed by atoms with van der Waals surface area (Å²) in [6.07, 6.45) is 3.82. The molecule has 0 fully saturated rings. The van der Waals surface area contributed by atoms with Gasteiger partial charge in [0.2, 0.25) is 0 Å². The quantitative estimate of drug-likeness (QED) is 0.788. The minimum Gasteiger partial charge on any atom is -0.496 e. The van der Waals surface area contributed by atoms with E-state index in [0.29, 0.717) is 0 Å². The Kier molecular flexibility index (Phi) is 3.05. The lowest BCUT2D eigenvalue weighted by Gasteiger charge is -2.02. The number of methoxy groups -OCH3 is 1. The van der Waals surface area contributed by atoms with Crippen LogP contribution >= 0.6 is 0 Å². The molecule has 0 spiro atoms. The van der Waals surface area contributed by atoms with Crippen molar-refractivity contribution in [1.82, 2.24) is 5.16 Å². The van der Waals surface area contributed by atoms with Crippen LogP contribution < -0.4 is 4.74 Å². The lowest BCUT2D eigenvalue weighted by Crippen LogP contribution is -1.85. The standard InChI is InChI=1S/C13H13NO2/c1-10-9-12(16-14-10)8-7-11-5-3-4-6-13(11)15-2/h3-9H,1-2H3. The summed E-state index contributed by atoms with van der Waals surface area (Å²) in [5.74, 6) is 1.58. The van der Waals surface area contributed by atoms with Gasteiger partial charge in [0.25, 0.3) is 0 Å². The van der Waals surface area contributed by atoms with E-state index in [1.54, 1.807) is 7.11 Å². The van der Waals surface area contributed by atoms with Crippen molar-refractivity contribution in [2.45, 2.75) is 6.92 Å². The Morgan fingerprint density at radius 2 is 2.06 bits per heavy atom. The van der Waals surface area contributed by atoms with Crippen molar-refractivity contribution < 1.29 is 9.26 Å². The molecule has 82 valence electrons. The average molecular weight is 215 g/mol. The number of benzene rings is 1. The monoisotopic (exact) mass is 215 g/mol. The predicted octanol–water partition coefficient (Wildman–Crippen LogP) is 3.16. The maximum Gasteiger partial charge on any atom is 0.159 e. The Labute approximate surface area is 94.3 Å². The number of para-hydroxylation sites is 1. The van der Waals surface area contributed by atoms with Crippen LogP contribution in [0.3, 0.4) is 0 Å². The summed E-state index contributed by atoms with van der Waals surface area (Å²) in [5, 5.41) is 3.81. The van der Waals surface area contributed by atoms with Crippen molar-refractivity contribution in [3.05, 3.63) is 47.3 Å². The first-order chi connectivity index (χ1) is 7.79. The summed E-state index contributed by atoms with van der Waals surface area (Å²) in [6, 6.07) is 9.69. The van der Waals surface area contributed by atoms with Crippen LogP contribution in [0.15, 0.2) is 34.9 Å². The van der Waals surface area contributed by atoms with Crippen LogP contribution in [0.1, 0.15) is 17.0 Å². The zero-order valence-electron chi connectivity index (χ0n) is 9.31. The van der Waals surface area contributed by atoms with Gasteiger partial charge in [-0.05, 0) is 25.1 Å². The van der Waals surface area contributed by atoms with Gasteiger partial charge in [0.05, 0.1) is 12.8 Å². The van der Waals surface area contributed by atoms with Gasteiger partial charge in [0, 0.05) is 11.6 Å². The smallest absolute Gasteiger partial charge is 0.159 e. The molecule has 1 aromatic carbocycles. The minimum atomic E-state index is 0.739. The fraction of sp³-hybridized carbons (Fsp3) is 0.154. The van der Waals surface area contributed by atoms with Crippen molar-refractivity contribution in [2.75, 3.05) is 7.11 Å². The maximum absolute atomic E-state index is 5.24. The van der Waals surface area contributed by atoms with Crippen LogP contribution in [-0.4, -0.2) is 12.3 Å². The van der Waals surface area contributed by atoms with E-state index in [2.05, 4.69) is 5.16 Å². The van der Waals surface area contributed by atoms with Crippen molar-refractivity contribution in [1.29, 1.82) is 0 Å². The second-order valence-electron chi connectivity index (χ2n) is 3.45. The number of aryl methyl sites for hydroxylation is 1. The van der Waals surface area contributed by atoms with Gasteiger partial charge >= 0.3 is 0 Å². The van der Waals surface area contributed by atoms with Crippen molar-refractivity contribution >= 4 is 12.2 Å². The minimum absolute atomic E-state index is 0.739. The van der Waals surface area contributed by atoms with Crippen LogP contribution in [0.2, 0.25) is 0 Å². The summed E-state index contributed by atoms with van der Waals surface area (Å²) in [5.41, 5.74) is 1.89. The Morgan fingerprint density at radius 3 is 2.75 bits per heavy atom. The Hall–Kier alpha value is -2.03. The van der Waals surface area contributed by atoms with Crippen LogP contribution in [0.4, 0.5) is 0 Å². The van der Waals surface area contributed by atoms with E-state index < -0.39 is 0 Å². The maximum atomic E-state index is 5.24. The Bertz CT molecular complexity index is 500. The molecule has 0 aliphatic rings. The SMILES string of the molecule is COc1ccccc1C=Cc1cc(C)no1. The Morgan fingerprint density at radius 1 is 1.25 bits per heavy atom. The van der Waals surface area contributed by atoms with E-state index in [-0.39, 0.29) is 0 Å². The van der Waals surface area contributed by atoms with Crippen molar-refractivity contribution in [3.8, 4) is 5.75 Å². The molecule has 0 bridgehead atoms. The van der Waals surface area contributed by atoms with Crippen LogP contribution in [-0.2, 0) is 0 Å². The highest BCUT2D eigenvalue weighted by Crippen LogP contribution is 2.20. The van der Waals surface area contributed by atoms with Gasteiger partial charge in [-0.3, -0.25) is 0 Å². The number of nitrogens with zero attached hydrogens (tertiary/aromatic N) is 1. The van der Waals surface area contributed by atoms with Crippen LogP contribution in [0.5, 0.6) is 5.75 Å². The van der Waals surface area contributed by atoms with Gasteiger partial charge in [-0.2, -0.15) is 0 Å². The number of ether oxygens (including phenoxy) is 1. The molecular weight excluding hydrogens is 202 g/mol. The summed E-state index contributed by atoms with van der Waals surface area (Å²) in [6.45, 7) is 1.89. The first kappa shape index (κ1) is 10.5. The van der Waals surface area contributed by atoms with Crippen molar-refractivity contribution in [2.24, 2.45) is 0 Å². The number of aromatic nitrogens is 1. The number of hydrogen-bond donors (Lipinski definition) is 0. The highest BCUT2D eigenvalue weighted by molar-refractivity contribution is 5.70. The molecule has 1 aromatic heterocycles. The highest BCUT2D eigenvalue weighted by Gasteiger charge is 1.98. The largest absolute Gasteiger partial charge is 0.496 e. The lowest BCUT2D eigenvalue weighted by molar-refractivity contribution is 0.408. The molecule has 2 aromatic rings. The molecule has 0 unspecified atom stereocenters. The molecule has 16 heavy (non-hydrogen) atoms. The third-order valence-electron chi connectivity index (χ3n) is 2.21. The highest BCUT2D eigenvalue weighted by atomic mass is 16.5. The van der Waals surface area contributed by atoms with E-state index in [1.165, 1.54) is 0 Å². The van der Waals surface area contributed by atoms with Gasteiger partial charge in [-0.1, -0.05) is 23.4 Å². The van der Waals surface area contributed by atoms with Gasteiger partial charge in [-0.25, -0.2) is 0 Å². The number of rotatable bonds is 3. The third kappa shape index (κ3) is 2.31. The molecule has 0 aliphatic heterocycles. The molecule has 0 amide bonds. The summed E-state index contributed by atoms with van der Waals surface area (Å²) in [7, 11) is 1.66. The molecule has 0 radical (unpaired) electrons. The topological polar surface area (TPSA) is 35.3 Å². The fourth-order valence-corrected chi connectivity index (χ4v) is 1.44. The molecule has 0 atom stereocenters. The van der Waals surface area contributed by atoms with E-state index in [0.717, 1.165) is 22.8 Å². The molecular formula is C13H13NO2. The van der Waals surface area contributed by atoms with Gasteiger partial charge < -0.3 is 9.26 Å². The molecule has 0 N–H and O–H groups in total. The van der Waals surface area contributed by atoms with E-state index in [9.17, 15) is 0 Å². The van der Waals surface area contributed by atoms with E-state index in [1.807, 2.05) is 49.4 Å². The zero-order chi connectivity index (χ0) is 11.4. The van der Waals surface area contributed by atoms with Gasteiger partial charge in [-0.15, -0.1) is 0 Å². The third-order valence-corrected chi connectivity index (χ3v) is 2.21. The van der Waals surface area contributed by atoms with E-state index >= 15 is 0 Å². The second kappa shape index (κ2) is 4.66. The first-order valence-electron chi connectivity index (χ1n) is 5.04. The number of hydrogen-bond acceptors (Lipinski definition) is 3. The predicted molar refractivity (Wildman–Crippen MR) is 63.2 cm³/mol. The van der Waals surface area contributed by atoms with Crippen molar-refractivity contribution in [3.63, 3.8) is 0 Å². The lowest BCUT2D eigenvalue weighted by atomic mass is 10.2. The summed E-state index contributed by atoms with van der Waals surface area (Å²) < 4.78 is 10.3. The molecule has 0 saturated heterocycles. The summed E-state index contributed by atoms with van der Waals surface area (Å²) >= 11 is 0. The Balaban J connectivity index is 2.23. The molecule has 2 rings (SSSR count). The fourth-order valence-electron chi connectivity index (χ4n) is 1.44. The summed E-state index contributed by atoms with van der Waals surface area (Å²) in [4.78, 5) is 0. The average Bonchev–Trinajstić information content (AvgIpc) is 2.73. The second-order valence-corrected chi connectivity index (χ2v) is 3.45. The first-order valence-corrected chi connectivity index (χ1v) is 5.04.